The molecule has 0 aliphatic heterocycles. The zero-order valence-electron chi connectivity index (χ0n) is 17.9. The van der Waals surface area contributed by atoms with Gasteiger partial charge in [0.05, 0.1) is 10.9 Å². The molecule has 0 aliphatic carbocycles. The predicted octanol–water partition coefficient (Wildman–Crippen LogP) is 6.97. The maximum Gasteiger partial charge on any atom is 0.255 e. The molecule has 1 unspecified atom stereocenters. The molecule has 2 amide bonds. The van der Waals surface area contributed by atoms with E-state index in [2.05, 4.69) is 15.6 Å². The number of hydrogen-bond acceptors (Lipinski definition) is 5. The number of nitrogens with zero attached hydrogens (tertiary/aromatic N) is 1. The fourth-order valence-corrected chi connectivity index (χ4v) is 4.91. The molecule has 1 heterocycles. The number of halogens is 2. The largest absolute Gasteiger partial charge is 0.322 e. The number of anilines is 2. The van der Waals surface area contributed by atoms with Crippen molar-refractivity contribution in [3.05, 3.63) is 94.6 Å². The first-order valence-corrected chi connectivity index (χ1v) is 12.4. The van der Waals surface area contributed by atoms with Gasteiger partial charge < -0.3 is 10.6 Å². The molecule has 3 aromatic carbocycles. The highest BCUT2D eigenvalue weighted by atomic mass is 35.5. The number of carbonyl (C=O) groups is 2. The average molecular weight is 512 g/mol. The Hall–Kier alpha value is -3.20. The summed E-state index contributed by atoms with van der Waals surface area (Å²) in [6.45, 7) is 1.80. The molecule has 0 radical (unpaired) electrons. The quantitative estimate of drug-likeness (QED) is 0.263. The van der Waals surface area contributed by atoms with E-state index in [1.54, 1.807) is 31.2 Å². The molecule has 5 nitrogen and oxygen atoms in total. The summed E-state index contributed by atoms with van der Waals surface area (Å²) in [4.78, 5) is 30.4. The van der Waals surface area contributed by atoms with Crippen LogP contribution in [0, 0.1) is 5.82 Å². The maximum atomic E-state index is 13.1. The van der Waals surface area contributed by atoms with Gasteiger partial charge in [-0.05, 0) is 55.5 Å². The summed E-state index contributed by atoms with van der Waals surface area (Å²) in [5.41, 5.74) is 2.45. The molecule has 4 aromatic rings. The van der Waals surface area contributed by atoms with E-state index in [1.165, 1.54) is 47.4 Å². The Morgan fingerprint density at radius 2 is 1.79 bits per heavy atom. The molecule has 0 saturated heterocycles. The minimum atomic E-state index is -0.407. The molecule has 172 valence electrons. The van der Waals surface area contributed by atoms with E-state index in [4.69, 9.17) is 11.6 Å². The molecule has 0 spiro atoms. The van der Waals surface area contributed by atoms with Crippen LogP contribution in [0.15, 0.2) is 83.1 Å². The number of aromatic nitrogens is 1. The van der Waals surface area contributed by atoms with Gasteiger partial charge in [-0.2, -0.15) is 0 Å². The number of carbonyl (C=O) groups excluding carboxylic acids is 2. The Labute approximate surface area is 209 Å². The Morgan fingerprint density at radius 3 is 2.56 bits per heavy atom. The smallest absolute Gasteiger partial charge is 0.255 e. The SMILES string of the molecule is CC(Sc1cccc(NC(=O)c2ccc(F)cc2)c1)C(=O)Nc1nc(-c2ccccc2Cl)cs1. The van der Waals surface area contributed by atoms with E-state index in [1.807, 2.05) is 29.6 Å². The lowest BCUT2D eigenvalue weighted by atomic mass is 10.2. The normalized spacial score (nSPS) is 11.6. The van der Waals surface area contributed by atoms with Crippen molar-refractivity contribution >= 4 is 57.3 Å². The van der Waals surface area contributed by atoms with Gasteiger partial charge in [-0.1, -0.05) is 35.9 Å². The molecule has 1 aromatic heterocycles. The lowest BCUT2D eigenvalue weighted by Crippen LogP contribution is -2.22. The van der Waals surface area contributed by atoms with Crippen molar-refractivity contribution in [1.29, 1.82) is 0 Å². The Balaban J connectivity index is 1.37. The van der Waals surface area contributed by atoms with Crippen LogP contribution in [-0.2, 0) is 4.79 Å². The molecule has 0 bridgehead atoms. The van der Waals surface area contributed by atoms with Gasteiger partial charge in [-0.3, -0.25) is 9.59 Å². The molecule has 9 heteroatoms. The molecule has 34 heavy (non-hydrogen) atoms. The second kappa shape index (κ2) is 10.8. The number of rotatable bonds is 7. The van der Waals surface area contributed by atoms with Crippen molar-refractivity contribution in [2.45, 2.75) is 17.1 Å². The Morgan fingerprint density at radius 1 is 1.03 bits per heavy atom. The minimum Gasteiger partial charge on any atom is -0.322 e. The molecule has 0 fully saturated rings. The lowest BCUT2D eigenvalue weighted by Gasteiger charge is -2.12. The summed E-state index contributed by atoms with van der Waals surface area (Å²) in [5, 5.41) is 8.17. The highest BCUT2D eigenvalue weighted by Gasteiger charge is 2.17. The van der Waals surface area contributed by atoms with Crippen LogP contribution < -0.4 is 10.6 Å². The van der Waals surface area contributed by atoms with E-state index < -0.39 is 11.1 Å². The molecule has 0 aliphatic rings. The van der Waals surface area contributed by atoms with Crippen LogP contribution in [0.25, 0.3) is 11.3 Å². The summed E-state index contributed by atoms with van der Waals surface area (Å²) >= 11 is 8.92. The maximum absolute atomic E-state index is 13.1. The standard InChI is InChI=1S/C25H19ClFN3O2S2/c1-15(23(31)30-25-29-22(14-33-25)20-7-2-3-8-21(20)26)34-19-6-4-5-18(13-19)28-24(32)16-9-11-17(27)12-10-16/h2-15H,1H3,(H,28,32)(H,29,30,31). The van der Waals surface area contributed by atoms with Gasteiger partial charge in [-0.15, -0.1) is 23.1 Å². The van der Waals surface area contributed by atoms with Crippen LogP contribution in [0.4, 0.5) is 15.2 Å². The van der Waals surface area contributed by atoms with Gasteiger partial charge >= 0.3 is 0 Å². The van der Waals surface area contributed by atoms with Crippen LogP contribution in [0.3, 0.4) is 0 Å². The number of hydrogen-bond donors (Lipinski definition) is 2. The second-order valence-corrected chi connectivity index (χ2v) is 9.94. The zero-order chi connectivity index (χ0) is 24.1. The lowest BCUT2D eigenvalue weighted by molar-refractivity contribution is -0.115. The monoisotopic (exact) mass is 511 g/mol. The molecule has 4 rings (SSSR count). The predicted molar refractivity (Wildman–Crippen MR) is 137 cm³/mol. The third-order valence-corrected chi connectivity index (χ3v) is 6.95. The Bertz CT molecular complexity index is 1330. The van der Waals surface area contributed by atoms with Gasteiger partial charge in [-0.25, -0.2) is 9.37 Å². The van der Waals surface area contributed by atoms with E-state index in [0.717, 1.165) is 10.5 Å². The minimum absolute atomic E-state index is 0.189. The van der Waals surface area contributed by atoms with Crippen LogP contribution in [0.5, 0.6) is 0 Å². The fourth-order valence-electron chi connectivity index (χ4n) is 3.04. The van der Waals surface area contributed by atoms with E-state index in [0.29, 0.717) is 27.1 Å². The third kappa shape index (κ3) is 6.02. The van der Waals surface area contributed by atoms with Crippen molar-refractivity contribution in [3.8, 4) is 11.3 Å². The first kappa shape index (κ1) is 23.9. The van der Waals surface area contributed by atoms with E-state index in [-0.39, 0.29) is 11.8 Å². The fraction of sp³-hybridized carbons (Fsp3) is 0.0800. The highest BCUT2D eigenvalue weighted by molar-refractivity contribution is 8.00. The number of benzene rings is 3. The first-order valence-electron chi connectivity index (χ1n) is 10.2. The Kier molecular flexibility index (Phi) is 7.62. The topological polar surface area (TPSA) is 71.1 Å². The third-order valence-electron chi connectivity index (χ3n) is 4.76. The summed E-state index contributed by atoms with van der Waals surface area (Å²) in [5.74, 6) is -0.933. The molecular weight excluding hydrogens is 493 g/mol. The van der Waals surface area contributed by atoms with Gasteiger partial charge in [0.1, 0.15) is 5.82 Å². The van der Waals surface area contributed by atoms with Crippen molar-refractivity contribution in [1.82, 2.24) is 4.98 Å². The molecular formula is C25H19ClFN3O2S2. The summed E-state index contributed by atoms with van der Waals surface area (Å²) in [7, 11) is 0. The van der Waals surface area contributed by atoms with Crippen molar-refractivity contribution in [2.75, 3.05) is 10.6 Å². The average Bonchev–Trinajstić information content (AvgIpc) is 3.28. The number of amides is 2. The van der Waals surface area contributed by atoms with Crippen LogP contribution >= 0.6 is 34.7 Å². The van der Waals surface area contributed by atoms with Crippen molar-refractivity contribution in [3.63, 3.8) is 0 Å². The molecule has 1 atom stereocenters. The number of thioether (sulfide) groups is 1. The van der Waals surface area contributed by atoms with E-state index >= 15 is 0 Å². The second-order valence-electron chi connectivity index (χ2n) is 7.26. The van der Waals surface area contributed by atoms with Crippen LogP contribution in [0.1, 0.15) is 17.3 Å². The highest BCUT2D eigenvalue weighted by Crippen LogP contribution is 2.31. The van der Waals surface area contributed by atoms with Crippen LogP contribution in [0.2, 0.25) is 5.02 Å². The molecule has 2 N–H and O–H groups in total. The summed E-state index contributed by atoms with van der Waals surface area (Å²) in [6, 6.07) is 19.9. The van der Waals surface area contributed by atoms with Crippen molar-refractivity contribution < 1.29 is 14.0 Å². The van der Waals surface area contributed by atoms with Crippen LogP contribution in [-0.4, -0.2) is 22.0 Å². The molecule has 0 saturated carbocycles. The number of nitrogens with one attached hydrogen (secondary N) is 2. The van der Waals surface area contributed by atoms with Gasteiger partial charge in [0.2, 0.25) is 5.91 Å². The zero-order valence-corrected chi connectivity index (χ0v) is 20.3. The van der Waals surface area contributed by atoms with Gasteiger partial charge in [0.25, 0.3) is 5.91 Å². The van der Waals surface area contributed by atoms with Gasteiger partial charge in [0, 0.05) is 32.1 Å². The van der Waals surface area contributed by atoms with Crippen molar-refractivity contribution in [2.24, 2.45) is 0 Å². The summed E-state index contributed by atoms with van der Waals surface area (Å²) < 4.78 is 13.1. The van der Waals surface area contributed by atoms with E-state index in [9.17, 15) is 14.0 Å². The first-order chi connectivity index (χ1) is 16.4. The van der Waals surface area contributed by atoms with Gasteiger partial charge in [0.15, 0.2) is 5.13 Å². The number of thiazole rings is 1. The summed E-state index contributed by atoms with van der Waals surface area (Å²) in [6.07, 6.45) is 0.